The van der Waals surface area contributed by atoms with E-state index >= 15 is 0 Å². The number of nitriles is 1. The van der Waals surface area contributed by atoms with Crippen molar-refractivity contribution in [2.24, 2.45) is 0 Å². The molecular formula is C18H13ClN2O4. The van der Waals surface area contributed by atoms with Crippen LogP contribution < -0.4 is 10.1 Å². The first-order valence-electron chi connectivity index (χ1n) is 7.11. The van der Waals surface area contributed by atoms with E-state index in [1.807, 2.05) is 0 Å². The lowest BCUT2D eigenvalue weighted by atomic mass is 10.1. The average molecular weight is 357 g/mol. The van der Waals surface area contributed by atoms with Crippen LogP contribution in [0.3, 0.4) is 0 Å². The van der Waals surface area contributed by atoms with E-state index in [2.05, 4.69) is 5.32 Å². The fourth-order valence-electron chi connectivity index (χ4n) is 1.85. The Labute approximate surface area is 148 Å². The fraction of sp³-hybridized carbons (Fsp3) is 0.0556. The summed E-state index contributed by atoms with van der Waals surface area (Å²) in [5, 5.41) is 20.8. The predicted molar refractivity (Wildman–Crippen MR) is 93.2 cm³/mol. The Hall–Kier alpha value is -3.30. The molecule has 0 radical (unpaired) electrons. The number of carboxylic acid groups (broad SMARTS) is 1. The van der Waals surface area contributed by atoms with E-state index in [-0.39, 0.29) is 18.1 Å². The number of carbonyl (C=O) groups is 2. The third-order valence-corrected chi connectivity index (χ3v) is 3.29. The van der Waals surface area contributed by atoms with Gasteiger partial charge in [-0.05, 0) is 48.0 Å². The second kappa shape index (κ2) is 8.52. The Balaban J connectivity index is 1.91. The third-order valence-electron chi connectivity index (χ3n) is 3.04. The first kappa shape index (κ1) is 18.0. The molecule has 0 fully saturated rings. The van der Waals surface area contributed by atoms with Crippen molar-refractivity contribution in [2.45, 2.75) is 0 Å². The van der Waals surface area contributed by atoms with E-state index in [4.69, 9.17) is 26.7 Å². The minimum absolute atomic E-state index is 0.184. The summed E-state index contributed by atoms with van der Waals surface area (Å²) in [5.41, 5.74) is 0.782. The highest BCUT2D eigenvalue weighted by Gasteiger charge is 2.06. The minimum Gasteiger partial charge on any atom is -0.484 e. The molecule has 0 saturated heterocycles. The number of amides is 1. The average Bonchev–Trinajstić information content (AvgIpc) is 2.60. The second-order valence-electron chi connectivity index (χ2n) is 4.89. The number of hydrogen-bond donors (Lipinski definition) is 2. The summed E-state index contributed by atoms with van der Waals surface area (Å²) in [7, 11) is 0. The number of aliphatic carboxylic acids is 1. The van der Waals surface area contributed by atoms with Crippen molar-refractivity contribution in [3.05, 3.63) is 64.7 Å². The van der Waals surface area contributed by atoms with Gasteiger partial charge < -0.3 is 15.2 Å². The van der Waals surface area contributed by atoms with Gasteiger partial charge in [-0.15, -0.1) is 0 Å². The molecule has 0 atom stereocenters. The Morgan fingerprint density at radius 3 is 2.36 bits per heavy atom. The third kappa shape index (κ3) is 5.68. The smallest absolute Gasteiger partial charge is 0.346 e. The molecule has 0 bridgehead atoms. The Morgan fingerprint density at radius 2 is 1.80 bits per heavy atom. The number of halogens is 1. The summed E-state index contributed by atoms with van der Waals surface area (Å²) in [6.45, 7) is -0.184. The Kier molecular flexibility index (Phi) is 6.15. The van der Waals surface area contributed by atoms with E-state index in [1.165, 1.54) is 6.08 Å². The number of benzene rings is 2. The predicted octanol–water partition coefficient (Wildman–Crippen LogP) is 3.35. The monoisotopic (exact) mass is 356 g/mol. The van der Waals surface area contributed by atoms with E-state index in [0.29, 0.717) is 22.0 Å². The van der Waals surface area contributed by atoms with Gasteiger partial charge in [0.25, 0.3) is 5.91 Å². The van der Waals surface area contributed by atoms with Gasteiger partial charge in [0, 0.05) is 10.7 Å². The zero-order valence-corrected chi connectivity index (χ0v) is 13.7. The van der Waals surface area contributed by atoms with Gasteiger partial charge in [0.15, 0.2) is 6.61 Å². The van der Waals surface area contributed by atoms with E-state index < -0.39 is 5.97 Å². The molecule has 0 aliphatic carbocycles. The van der Waals surface area contributed by atoms with Crippen LogP contribution in [-0.2, 0) is 9.59 Å². The number of rotatable bonds is 6. The topological polar surface area (TPSA) is 99.4 Å². The van der Waals surface area contributed by atoms with Crippen molar-refractivity contribution in [3.8, 4) is 11.8 Å². The van der Waals surface area contributed by atoms with Crippen molar-refractivity contribution in [1.82, 2.24) is 0 Å². The Morgan fingerprint density at radius 1 is 1.16 bits per heavy atom. The van der Waals surface area contributed by atoms with Crippen molar-refractivity contribution < 1.29 is 19.4 Å². The number of carbonyl (C=O) groups excluding carboxylic acids is 1. The molecule has 0 unspecified atom stereocenters. The van der Waals surface area contributed by atoms with Crippen LogP contribution >= 0.6 is 11.6 Å². The zero-order chi connectivity index (χ0) is 18.2. The normalized spacial score (nSPS) is 10.6. The van der Waals surface area contributed by atoms with Gasteiger partial charge in [-0.1, -0.05) is 23.7 Å². The molecule has 25 heavy (non-hydrogen) atoms. The molecule has 2 N–H and O–H groups in total. The maximum atomic E-state index is 11.8. The standard InChI is InChI=1S/C18H13ClN2O4/c19-14-3-5-15(6-4-14)21-17(22)11-25-16-7-1-12(2-8-16)9-13(10-20)18(23)24/h1-9H,11H2,(H,21,22)(H,23,24). The minimum atomic E-state index is -1.29. The highest BCUT2D eigenvalue weighted by molar-refractivity contribution is 6.30. The molecule has 6 nitrogen and oxygen atoms in total. The molecule has 0 spiro atoms. The lowest BCUT2D eigenvalue weighted by molar-refractivity contribution is -0.132. The van der Waals surface area contributed by atoms with E-state index in [0.717, 1.165) is 0 Å². The van der Waals surface area contributed by atoms with Gasteiger partial charge in [0.1, 0.15) is 17.4 Å². The summed E-state index contributed by atoms with van der Waals surface area (Å²) < 4.78 is 5.36. The van der Waals surface area contributed by atoms with Gasteiger partial charge in [-0.25, -0.2) is 4.79 Å². The van der Waals surface area contributed by atoms with Gasteiger partial charge in [0.05, 0.1) is 0 Å². The van der Waals surface area contributed by atoms with Crippen LogP contribution in [0.15, 0.2) is 54.1 Å². The molecule has 1 amide bonds. The summed E-state index contributed by atoms with van der Waals surface area (Å²) in [4.78, 5) is 22.6. The molecule has 0 aliphatic rings. The van der Waals surface area contributed by atoms with Crippen LogP contribution in [0.2, 0.25) is 5.02 Å². The van der Waals surface area contributed by atoms with Gasteiger partial charge >= 0.3 is 5.97 Å². The van der Waals surface area contributed by atoms with Crippen LogP contribution in [0.4, 0.5) is 5.69 Å². The summed E-state index contributed by atoms with van der Waals surface area (Å²) >= 11 is 5.77. The highest BCUT2D eigenvalue weighted by atomic mass is 35.5. The van der Waals surface area contributed by atoms with Crippen LogP contribution in [0.5, 0.6) is 5.75 Å². The zero-order valence-electron chi connectivity index (χ0n) is 12.9. The molecule has 2 rings (SSSR count). The first-order valence-corrected chi connectivity index (χ1v) is 7.49. The molecule has 0 aromatic heterocycles. The number of hydrogen-bond acceptors (Lipinski definition) is 4. The van der Waals surface area contributed by atoms with E-state index in [1.54, 1.807) is 54.6 Å². The van der Waals surface area contributed by atoms with E-state index in [9.17, 15) is 9.59 Å². The van der Waals surface area contributed by atoms with Crippen LogP contribution in [0.25, 0.3) is 6.08 Å². The summed E-state index contributed by atoms with van der Waals surface area (Å²) in [6.07, 6.45) is 1.25. The maximum absolute atomic E-state index is 11.8. The molecule has 7 heteroatoms. The number of anilines is 1. The largest absolute Gasteiger partial charge is 0.484 e. The quantitative estimate of drug-likeness (QED) is 0.610. The van der Waals surface area contributed by atoms with Crippen LogP contribution in [-0.4, -0.2) is 23.6 Å². The van der Waals surface area contributed by atoms with Crippen LogP contribution in [0.1, 0.15) is 5.56 Å². The number of nitrogens with zero attached hydrogens (tertiary/aromatic N) is 1. The van der Waals surface area contributed by atoms with Crippen molar-refractivity contribution >= 4 is 35.2 Å². The maximum Gasteiger partial charge on any atom is 0.346 e. The Bertz CT molecular complexity index is 837. The van der Waals surface area contributed by atoms with Gasteiger partial charge in [-0.2, -0.15) is 5.26 Å². The molecule has 0 aliphatic heterocycles. The molecule has 0 saturated carbocycles. The molecule has 0 heterocycles. The SMILES string of the molecule is N#CC(=Cc1ccc(OCC(=O)Nc2ccc(Cl)cc2)cc1)C(=O)O. The second-order valence-corrected chi connectivity index (χ2v) is 5.32. The molecule has 2 aromatic rings. The van der Waals surface area contributed by atoms with Crippen molar-refractivity contribution in [2.75, 3.05) is 11.9 Å². The number of carboxylic acids is 1. The first-order chi connectivity index (χ1) is 12.0. The lowest BCUT2D eigenvalue weighted by Gasteiger charge is -2.08. The molecule has 2 aromatic carbocycles. The molecular weight excluding hydrogens is 344 g/mol. The lowest BCUT2D eigenvalue weighted by Crippen LogP contribution is -2.20. The van der Waals surface area contributed by atoms with Crippen molar-refractivity contribution in [1.29, 1.82) is 5.26 Å². The summed E-state index contributed by atoms with van der Waals surface area (Å²) in [5.74, 6) is -1.18. The fourth-order valence-corrected chi connectivity index (χ4v) is 1.97. The van der Waals surface area contributed by atoms with Crippen LogP contribution in [0, 0.1) is 11.3 Å². The highest BCUT2D eigenvalue weighted by Crippen LogP contribution is 2.16. The number of nitrogens with one attached hydrogen (secondary N) is 1. The number of ether oxygens (including phenoxy) is 1. The summed E-state index contributed by atoms with van der Waals surface area (Å²) in [6, 6.07) is 14.6. The molecule has 126 valence electrons. The van der Waals surface area contributed by atoms with Crippen molar-refractivity contribution in [3.63, 3.8) is 0 Å². The van der Waals surface area contributed by atoms with Gasteiger partial charge in [-0.3, -0.25) is 4.79 Å². The van der Waals surface area contributed by atoms with Gasteiger partial charge in [0.2, 0.25) is 0 Å².